The standard InChI is InChI=1S/C23H28N6O3/c1-2-16-13-17(5-8-19(16)29-9-11-32-12-10-29)26-23-20(21(24)31)22(27-28-23)25-14-15-3-6-18(30)7-4-15/h3-8,13,30H,2,9-12,14H2,1H3,(H2,24,31)(H3,25,26,27,28). The molecule has 6 N–H and O–H groups in total. The largest absolute Gasteiger partial charge is 0.508 e. The van der Waals surface area contributed by atoms with Crippen molar-refractivity contribution in [2.75, 3.05) is 41.8 Å². The van der Waals surface area contributed by atoms with Crippen LogP contribution in [0, 0.1) is 0 Å². The highest BCUT2D eigenvalue weighted by atomic mass is 16.5. The zero-order chi connectivity index (χ0) is 22.5. The summed E-state index contributed by atoms with van der Waals surface area (Å²) in [6.45, 7) is 5.78. The molecular weight excluding hydrogens is 408 g/mol. The molecule has 0 unspecified atom stereocenters. The molecule has 3 aromatic rings. The number of carbonyl (C=O) groups is 1. The number of aromatic hydroxyl groups is 1. The normalized spacial score (nSPS) is 13.7. The predicted octanol–water partition coefficient (Wildman–Crippen LogP) is 2.97. The zero-order valence-corrected chi connectivity index (χ0v) is 18.0. The number of ether oxygens (including phenoxy) is 1. The lowest BCUT2D eigenvalue weighted by Gasteiger charge is -2.30. The van der Waals surface area contributed by atoms with Crippen molar-refractivity contribution in [1.29, 1.82) is 0 Å². The second-order valence-corrected chi connectivity index (χ2v) is 7.63. The first kappa shape index (κ1) is 21.5. The van der Waals surface area contributed by atoms with Gasteiger partial charge in [0.1, 0.15) is 17.1 Å². The molecule has 1 aromatic heterocycles. The number of anilines is 4. The number of aromatic nitrogens is 2. The number of amides is 1. The SMILES string of the molecule is CCc1cc(Nc2[nH]nc(NCc3ccc(O)cc3)c2C(N)=O)ccc1N1CCOCC1. The number of aromatic amines is 1. The van der Waals surface area contributed by atoms with Gasteiger partial charge in [-0.2, -0.15) is 5.10 Å². The van der Waals surface area contributed by atoms with Crippen LogP contribution < -0.4 is 21.3 Å². The van der Waals surface area contributed by atoms with E-state index in [4.69, 9.17) is 10.5 Å². The lowest BCUT2D eigenvalue weighted by Crippen LogP contribution is -2.36. The minimum atomic E-state index is -0.588. The van der Waals surface area contributed by atoms with Crippen molar-refractivity contribution in [2.45, 2.75) is 19.9 Å². The van der Waals surface area contributed by atoms with Crippen LogP contribution in [0.25, 0.3) is 0 Å². The van der Waals surface area contributed by atoms with E-state index in [1.807, 2.05) is 6.07 Å². The summed E-state index contributed by atoms with van der Waals surface area (Å²) in [5.74, 6) is 0.416. The highest BCUT2D eigenvalue weighted by molar-refractivity contribution is 6.03. The van der Waals surface area contributed by atoms with Gasteiger partial charge < -0.3 is 31.1 Å². The molecule has 0 saturated carbocycles. The molecule has 2 aromatic carbocycles. The van der Waals surface area contributed by atoms with E-state index in [0.717, 1.165) is 44.0 Å². The molecule has 0 spiro atoms. The fraction of sp³-hybridized carbons (Fsp3) is 0.304. The van der Waals surface area contributed by atoms with Crippen LogP contribution in [0.1, 0.15) is 28.4 Å². The minimum Gasteiger partial charge on any atom is -0.508 e. The van der Waals surface area contributed by atoms with Gasteiger partial charge in [-0.1, -0.05) is 19.1 Å². The fourth-order valence-electron chi connectivity index (χ4n) is 3.80. The molecule has 0 bridgehead atoms. The number of phenolic OH excluding ortho intramolecular Hbond substituents is 1. The third kappa shape index (κ3) is 4.78. The average molecular weight is 437 g/mol. The summed E-state index contributed by atoms with van der Waals surface area (Å²) in [6, 6.07) is 13.0. The topological polar surface area (TPSA) is 129 Å². The molecule has 168 valence electrons. The number of benzene rings is 2. The Morgan fingerprint density at radius 2 is 1.97 bits per heavy atom. The number of primary amides is 1. The average Bonchev–Trinajstić information content (AvgIpc) is 3.21. The van der Waals surface area contributed by atoms with Gasteiger partial charge in [-0.25, -0.2) is 0 Å². The highest BCUT2D eigenvalue weighted by Crippen LogP contribution is 2.29. The lowest BCUT2D eigenvalue weighted by molar-refractivity contribution is 0.100. The summed E-state index contributed by atoms with van der Waals surface area (Å²) in [7, 11) is 0. The van der Waals surface area contributed by atoms with Gasteiger partial charge in [0.15, 0.2) is 5.82 Å². The maximum atomic E-state index is 12.2. The number of nitrogens with one attached hydrogen (secondary N) is 3. The monoisotopic (exact) mass is 436 g/mol. The van der Waals surface area contributed by atoms with Gasteiger partial charge in [-0.15, -0.1) is 0 Å². The molecule has 2 heterocycles. The number of aryl methyl sites for hydroxylation is 1. The van der Waals surface area contributed by atoms with Gasteiger partial charge in [-0.3, -0.25) is 9.89 Å². The zero-order valence-electron chi connectivity index (χ0n) is 18.0. The number of phenols is 1. The molecule has 0 aliphatic carbocycles. The Kier molecular flexibility index (Phi) is 6.46. The number of morpholine rings is 1. The molecule has 0 radical (unpaired) electrons. The first-order chi connectivity index (χ1) is 15.5. The van der Waals surface area contributed by atoms with Crippen LogP contribution in [-0.2, 0) is 17.7 Å². The Morgan fingerprint density at radius 1 is 1.22 bits per heavy atom. The van der Waals surface area contributed by atoms with Crippen LogP contribution in [0.3, 0.4) is 0 Å². The molecular formula is C23H28N6O3. The Balaban J connectivity index is 1.52. The van der Waals surface area contributed by atoms with E-state index in [0.29, 0.717) is 18.2 Å². The quantitative estimate of drug-likeness (QED) is 0.367. The van der Waals surface area contributed by atoms with Gasteiger partial charge in [0.05, 0.1) is 13.2 Å². The number of rotatable bonds is 8. The van der Waals surface area contributed by atoms with Crippen LogP contribution in [-0.4, -0.2) is 47.5 Å². The van der Waals surface area contributed by atoms with Crippen molar-refractivity contribution >= 4 is 28.9 Å². The lowest BCUT2D eigenvalue weighted by atomic mass is 10.1. The minimum absolute atomic E-state index is 0.198. The molecule has 1 aliphatic heterocycles. The third-order valence-corrected chi connectivity index (χ3v) is 5.49. The van der Waals surface area contributed by atoms with E-state index in [1.165, 1.54) is 11.3 Å². The molecule has 1 aliphatic rings. The molecule has 0 atom stereocenters. The molecule has 32 heavy (non-hydrogen) atoms. The van der Waals surface area contributed by atoms with Crippen molar-refractivity contribution < 1.29 is 14.6 Å². The van der Waals surface area contributed by atoms with Gasteiger partial charge in [0, 0.05) is 31.0 Å². The summed E-state index contributed by atoms with van der Waals surface area (Å²) in [5.41, 5.74) is 10.1. The van der Waals surface area contributed by atoms with E-state index in [2.05, 4.69) is 44.8 Å². The van der Waals surface area contributed by atoms with E-state index < -0.39 is 5.91 Å². The molecule has 9 heteroatoms. The number of nitrogens with two attached hydrogens (primary N) is 1. The first-order valence-electron chi connectivity index (χ1n) is 10.7. The number of hydrogen-bond donors (Lipinski definition) is 5. The summed E-state index contributed by atoms with van der Waals surface area (Å²) in [6.07, 6.45) is 0.882. The summed E-state index contributed by atoms with van der Waals surface area (Å²) in [4.78, 5) is 14.5. The molecule has 1 saturated heterocycles. The van der Waals surface area contributed by atoms with E-state index in [-0.39, 0.29) is 11.3 Å². The maximum absolute atomic E-state index is 12.2. The van der Waals surface area contributed by atoms with E-state index >= 15 is 0 Å². The number of carbonyl (C=O) groups excluding carboxylic acids is 1. The van der Waals surface area contributed by atoms with Crippen LogP contribution in [0.15, 0.2) is 42.5 Å². The number of nitrogens with zero attached hydrogens (tertiary/aromatic N) is 2. The van der Waals surface area contributed by atoms with Crippen molar-refractivity contribution in [3.8, 4) is 5.75 Å². The highest BCUT2D eigenvalue weighted by Gasteiger charge is 2.20. The van der Waals surface area contributed by atoms with Crippen LogP contribution in [0.5, 0.6) is 5.75 Å². The second kappa shape index (κ2) is 9.61. The van der Waals surface area contributed by atoms with Crippen LogP contribution in [0.4, 0.5) is 23.0 Å². The first-order valence-corrected chi connectivity index (χ1v) is 10.7. The molecule has 1 fully saturated rings. The van der Waals surface area contributed by atoms with Crippen LogP contribution in [0.2, 0.25) is 0 Å². The summed E-state index contributed by atoms with van der Waals surface area (Å²) >= 11 is 0. The second-order valence-electron chi connectivity index (χ2n) is 7.63. The number of hydrogen-bond acceptors (Lipinski definition) is 7. The summed E-state index contributed by atoms with van der Waals surface area (Å²) < 4.78 is 5.46. The molecule has 4 rings (SSSR count). The van der Waals surface area contributed by atoms with Gasteiger partial charge in [0.25, 0.3) is 5.91 Å². The number of H-pyrrole nitrogens is 1. The van der Waals surface area contributed by atoms with Crippen LogP contribution >= 0.6 is 0 Å². The van der Waals surface area contributed by atoms with Crippen molar-refractivity contribution in [3.05, 3.63) is 59.2 Å². The Hall–Kier alpha value is -3.72. The summed E-state index contributed by atoms with van der Waals surface area (Å²) in [5, 5.41) is 22.9. The van der Waals surface area contributed by atoms with Crippen molar-refractivity contribution in [3.63, 3.8) is 0 Å². The van der Waals surface area contributed by atoms with Gasteiger partial charge in [-0.05, 0) is 47.9 Å². The Bertz CT molecular complexity index is 1070. The molecule has 1 amide bonds. The van der Waals surface area contributed by atoms with Gasteiger partial charge in [0.2, 0.25) is 0 Å². The van der Waals surface area contributed by atoms with E-state index in [1.54, 1.807) is 24.3 Å². The molecule has 9 nitrogen and oxygen atoms in total. The van der Waals surface area contributed by atoms with E-state index in [9.17, 15) is 9.90 Å². The third-order valence-electron chi connectivity index (χ3n) is 5.49. The smallest absolute Gasteiger partial charge is 0.256 e. The van der Waals surface area contributed by atoms with Crippen molar-refractivity contribution in [1.82, 2.24) is 10.2 Å². The maximum Gasteiger partial charge on any atom is 0.256 e. The fourth-order valence-corrected chi connectivity index (χ4v) is 3.80. The predicted molar refractivity (Wildman–Crippen MR) is 125 cm³/mol. The Morgan fingerprint density at radius 3 is 2.66 bits per heavy atom. The Labute approximate surface area is 186 Å². The van der Waals surface area contributed by atoms with Crippen molar-refractivity contribution in [2.24, 2.45) is 5.73 Å². The van der Waals surface area contributed by atoms with Gasteiger partial charge >= 0.3 is 0 Å².